The van der Waals surface area contributed by atoms with Gasteiger partial charge in [-0.25, -0.2) is 0 Å². The zero-order chi connectivity index (χ0) is 13.8. The van der Waals surface area contributed by atoms with Crippen LogP contribution >= 0.6 is 0 Å². The SMILES string of the molecule is Cc1cccc(Nc2ccc(-c3ccccc3)cc2)c1.N. The second kappa shape index (κ2) is 6.73. The first-order valence-electron chi connectivity index (χ1n) is 6.80. The molecule has 0 aromatic heterocycles. The lowest BCUT2D eigenvalue weighted by molar-refractivity contribution is 1.45. The minimum Gasteiger partial charge on any atom is -0.356 e. The van der Waals surface area contributed by atoms with Gasteiger partial charge in [-0.3, -0.25) is 0 Å². The molecule has 0 saturated heterocycles. The summed E-state index contributed by atoms with van der Waals surface area (Å²) in [6.45, 7) is 2.10. The van der Waals surface area contributed by atoms with Gasteiger partial charge in [-0.05, 0) is 47.9 Å². The van der Waals surface area contributed by atoms with Gasteiger partial charge >= 0.3 is 0 Å². The molecule has 0 spiro atoms. The van der Waals surface area contributed by atoms with E-state index in [-0.39, 0.29) is 6.15 Å². The summed E-state index contributed by atoms with van der Waals surface area (Å²) < 4.78 is 0. The molecule has 0 heterocycles. The lowest BCUT2D eigenvalue weighted by Gasteiger charge is -2.08. The Morgan fingerprint density at radius 1 is 0.619 bits per heavy atom. The first-order valence-corrected chi connectivity index (χ1v) is 6.80. The van der Waals surface area contributed by atoms with Gasteiger partial charge < -0.3 is 11.5 Å². The Bertz CT molecular complexity index is 688. The fourth-order valence-electron chi connectivity index (χ4n) is 2.27. The van der Waals surface area contributed by atoms with Gasteiger partial charge in [-0.1, -0.05) is 54.6 Å². The predicted octanol–water partition coefficient (Wildman–Crippen LogP) is 5.57. The lowest BCUT2D eigenvalue weighted by atomic mass is 10.1. The Balaban J connectivity index is 0.00000161. The molecule has 0 bridgehead atoms. The van der Waals surface area contributed by atoms with E-state index in [0.29, 0.717) is 0 Å². The van der Waals surface area contributed by atoms with E-state index in [1.54, 1.807) is 0 Å². The van der Waals surface area contributed by atoms with Crippen molar-refractivity contribution in [1.82, 2.24) is 6.15 Å². The topological polar surface area (TPSA) is 47.0 Å². The maximum absolute atomic E-state index is 3.42. The molecule has 21 heavy (non-hydrogen) atoms. The van der Waals surface area contributed by atoms with Gasteiger partial charge in [-0.2, -0.15) is 0 Å². The second-order valence-corrected chi connectivity index (χ2v) is 4.94. The van der Waals surface area contributed by atoms with Gasteiger partial charge in [0.2, 0.25) is 0 Å². The average Bonchev–Trinajstić information content (AvgIpc) is 2.49. The van der Waals surface area contributed by atoms with E-state index >= 15 is 0 Å². The minimum atomic E-state index is 0. The number of benzene rings is 3. The normalized spacial score (nSPS) is 9.76. The molecular formula is C19H20N2. The zero-order valence-corrected chi connectivity index (χ0v) is 12.2. The van der Waals surface area contributed by atoms with E-state index in [1.807, 2.05) is 6.07 Å². The van der Waals surface area contributed by atoms with Crippen LogP contribution in [0.25, 0.3) is 11.1 Å². The third-order valence-electron chi connectivity index (χ3n) is 3.30. The van der Waals surface area contributed by atoms with Crippen LogP contribution < -0.4 is 11.5 Å². The number of anilines is 2. The summed E-state index contributed by atoms with van der Waals surface area (Å²) >= 11 is 0. The number of aryl methyl sites for hydroxylation is 1. The summed E-state index contributed by atoms with van der Waals surface area (Å²) in [5.41, 5.74) is 5.97. The monoisotopic (exact) mass is 276 g/mol. The molecular weight excluding hydrogens is 256 g/mol. The molecule has 0 unspecified atom stereocenters. The van der Waals surface area contributed by atoms with Crippen molar-refractivity contribution in [3.05, 3.63) is 84.4 Å². The van der Waals surface area contributed by atoms with Crippen LogP contribution in [0.4, 0.5) is 11.4 Å². The van der Waals surface area contributed by atoms with Crippen molar-refractivity contribution in [3.8, 4) is 11.1 Å². The van der Waals surface area contributed by atoms with Crippen molar-refractivity contribution in [2.45, 2.75) is 6.92 Å². The molecule has 2 nitrogen and oxygen atoms in total. The molecule has 0 aliphatic rings. The summed E-state index contributed by atoms with van der Waals surface area (Å²) in [6.07, 6.45) is 0. The number of hydrogen-bond acceptors (Lipinski definition) is 2. The molecule has 2 heteroatoms. The number of hydrogen-bond donors (Lipinski definition) is 2. The van der Waals surface area contributed by atoms with Crippen molar-refractivity contribution in [2.75, 3.05) is 5.32 Å². The van der Waals surface area contributed by atoms with Gasteiger partial charge in [0.05, 0.1) is 0 Å². The highest BCUT2D eigenvalue weighted by atomic mass is 14.9. The van der Waals surface area contributed by atoms with Gasteiger partial charge in [0, 0.05) is 11.4 Å². The van der Waals surface area contributed by atoms with Crippen LogP contribution in [0.1, 0.15) is 5.56 Å². The maximum Gasteiger partial charge on any atom is 0.0386 e. The largest absolute Gasteiger partial charge is 0.356 e. The molecule has 106 valence electrons. The van der Waals surface area contributed by atoms with Crippen LogP contribution in [0.3, 0.4) is 0 Å². The molecule has 0 fully saturated rings. The van der Waals surface area contributed by atoms with E-state index in [1.165, 1.54) is 16.7 Å². The molecule has 0 radical (unpaired) electrons. The van der Waals surface area contributed by atoms with Gasteiger partial charge in [-0.15, -0.1) is 0 Å². The third kappa shape index (κ3) is 3.71. The van der Waals surface area contributed by atoms with Crippen molar-refractivity contribution >= 4 is 11.4 Å². The van der Waals surface area contributed by atoms with E-state index in [2.05, 4.69) is 85.0 Å². The summed E-state index contributed by atoms with van der Waals surface area (Å²) in [6, 6.07) is 27.3. The Hall–Kier alpha value is -2.58. The van der Waals surface area contributed by atoms with Gasteiger partial charge in [0.25, 0.3) is 0 Å². The second-order valence-electron chi connectivity index (χ2n) is 4.94. The first kappa shape index (κ1) is 14.8. The molecule has 0 atom stereocenters. The molecule has 3 aromatic rings. The number of nitrogens with one attached hydrogen (secondary N) is 1. The van der Waals surface area contributed by atoms with Crippen LogP contribution in [0.15, 0.2) is 78.9 Å². The highest BCUT2D eigenvalue weighted by Crippen LogP contribution is 2.23. The van der Waals surface area contributed by atoms with Crippen molar-refractivity contribution < 1.29 is 0 Å². The third-order valence-corrected chi connectivity index (χ3v) is 3.30. The van der Waals surface area contributed by atoms with Gasteiger partial charge in [0.1, 0.15) is 0 Å². The van der Waals surface area contributed by atoms with Crippen molar-refractivity contribution in [2.24, 2.45) is 0 Å². The summed E-state index contributed by atoms with van der Waals surface area (Å²) in [4.78, 5) is 0. The summed E-state index contributed by atoms with van der Waals surface area (Å²) in [5.74, 6) is 0. The molecule has 3 rings (SSSR count). The Kier molecular flexibility index (Phi) is 4.75. The average molecular weight is 276 g/mol. The van der Waals surface area contributed by atoms with Crippen LogP contribution in [0.2, 0.25) is 0 Å². The molecule has 0 saturated carbocycles. The fraction of sp³-hybridized carbons (Fsp3) is 0.0526. The molecule has 4 N–H and O–H groups in total. The maximum atomic E-state index is 3.42. The van der Waals surface area contributed by atoms with Crippen molar-refractivity contribution in [1.29, 1.82) is 0 Å². The van der Waals surface area contributed by atoms with E-state index in [4.69, 9.17) is 0 Å². The molecule has 3 aromatic carbocycles. The molecule has 0 aliphatic carbocycles. The first-order chi connectivity index (χ1) is 9.81. The standard InChI is InChI=1S/C19H17N.H3N/c1-15-6-5-9-19(14-15)20-18-12-10-17(11-13-18)16-7-3-2-4-8-16;/h2-14,20H,1H3;1H3. The minimum absolute atomic E-state index is 0. The number of rotatable bonds is 3. The van der Waals surface area contributed by atoms with Crippen molar-refractivity contribution in [3.63, 3.8) is 0 Å². The summed E-state index contributed by atoms with van der Waals surface area (Å²) in [7, 11) is 0. The van der Waals surface area contributed by atoms with E-state index in [0.717, 1.165) is 11.4 Å². The van der Waals surface area contributed by atoms with Crippen LogP contribution in [0.5, 0.6) is 0 Å². The van der Waals surface area contributed by atoms with E-state index < -0.39 is 0 Å². The Morgan fingerprint density at radius 2 is 1.29 bits per heavy atom. The zero-order valence-electron chi connectivity index (χ0n) is 12.2. The lowest BCUT2D eigenvalue weighted by Crippen LogP contribution is -1.90. The van der Waals surface area contributed by atoms with Gasteiger partial charge in [0.15, 0.2) is 0 Å². The Morgan fingerprint density at radius 3 is 1.95 bits per heavy atom. The quantitative estimate of drug-likeness (QED) is 0.657. The highest BCUT2D eigenvalue weighted by molar-refractivity contribution is 5.68. The van der Waals surface area contributed by atoms with Crippen LogP contribution in [-0.4, -0.2) is 0 Å². The van der Waals surface area contributed by atoms with Crippen LogP contribution in [0, 0.1) is 6.92 Å². The smallest absolute Gasteiger partial charge is 0.0386 e. The van der Waals surface area contributed by atoms with E-state index in [9.17, 15) is 0 Å². The fourth-order valence-corrected chi connectivity index (χ4v) is 2.27. The van der Waals surface area contributed by atoms with Crippen LogP contribution in [-0.2, 0) is 0 Å². The highest BCUT2D eigenvalue weighted by Gasteiger charge is 1.98. The predicted molar refractivity (Wildman–Crippen MR) is 91.4 cm³/mol. The molecule has 0 amide bonds. The molecule has 0 aliphatic heterocycles. The summed E-state index contributed by atoms with van der Waals surface area (Å²) in [5, 5.41) is 3.42. The Labute approximate surface area is 126 Å².